The molecule has 2 aliphatic heterocycles. The van der Waals surface area contributed by atoms with E-state index in [4.69, 9.17) is 23.4 Å². The number of rotatable bonds is 26. The summed E-state index contributed by atoms with van der Waals surface area (Å²) in [5, 5.41) is 0. The van der Waals surface area contributed by atoms with Crippen LogP contribution in [0.3, 0.4) is 0 Å². The zero-order chi connectivity index (χ0) is 24.3. The molecule has 0 radical (unpaired) electrons. The van der Waals surface area contributed by atoms with E-state index in [1.54, 1.807) is 0 Å². The summed E-state index contributed by atoms with van der Waals surface area (Å²) in [6.45, 7) is 10.4. The molecule has 0 aromatic rings. The van der Waals surface area contributed by atoms with Gasteiger partial charge in [-0.3, -0.25) is 0 Å². The van der Waals surface area contributed by atoms with Gasteiger partial charge in [-0.15, -0.1) is 0 Å². The SMILES string of the molecule is CCCCCCCCCCOB(OCCCCCCCCCC)OCC(CC)(C1CO1)C1CO1. The predicted molar refractivity (Wildman–Crippen MR) is 141 cm³/mol. The van der Waals surface area contributed by atoms with E-state index in [0.29, 0.717) is 19.8 Å². The van der Waals surface area contributed by atoms with Gasteiger partial charge in [0.1, 0.15) is 0 Å². The van der Waals surface area contributed by atoms with Gasteiger partial charge < -0.3 is 23.4 Å². The molecule has 5 nitrogen and oxygen atoms in total. The fourth-order valence-electron chi connectivity index (χ4n) is 4.91. The van der Waals surface area contributed by atoms with Crippen molar-refractivity contribution in [1.82, 2.24) is 0 Å². The van der Waals surface area contributed by atoms with E-state index in [2.05, 4.69) is 20.8 Å². The maximum Gasteiger partial charge on any atom is 0.639 e. The van der Waals surface area contributed by atoms with Crippen LogP contribution in [0.25, 0.3) is 0 Å². The fraction of sp³-hybridized carbons (Fsp3) is 1.00. The molecule has 0 aromatic heterocycles. The molecule has 0 saturated carbocycles. The number of hydrogen-bond donors (Lipinski definition) is 0. The molecule has 0 N–H and O–H groups in total. The Morgan fingerprint density at radius 3 is 1.32 bits per heavy atom. The van der Waals surface area contributed by atoms with Gasteiger partial charge in [0.25, 0.3) is 0 Å². The molecule has 2 atom stereocenters. The van der Waals surface area contributed by atoms with E-state index in [0.717, 1.165) is 32.5 Å². The van der Waals surface area contributed by atoms with Crippen molar-refractivity contribution in [3.8, 4) is 0 Å². The van der Waals surface area contributed by atoms with Crippen molar-refractivity contribution in [3.05, 3.63) is 0 Å². The van der Waals surface area contributed by atoms with Crippen LogP contribution >= 0.6 is 0 Å². The van der Waals surface area contributed by atoms with Crippen LogP contribution < -0.4 is 0 Å². The van der Waals surface area contributed by atoms with Crippen LogP contribution in [0.1, 0.15) is 130 Å². The Kier molecular flexibility index (Phi) is 16.9. The van der Waals surface area contributed by atoms with Crippen LogP contribution in [0.2, 0.25) is 0 Å². The molecule has 2 saturated heterocycles. The summed E-state index contributed by atoms with van der Waals surface area (Å²) in [5.74, 6) is 0. The van der Waals surface area contributed by atoms with Crippen LogP contribution in [-0.2, 0) is 23.4 Å². The van der Waals surface area contributed by atoms with Crippen molar-refractivity contribution in [3.63, 3.8) is 0 Å². The van der Waals surface area contributed by atoms with Crippen LogP contribution in [0, 0.1) is 5.41 Å². The summed E-state index contributed by atoms with van der Waals surface area (Å²) >= 11 is 0. The molecule has 34 heavy (non-hydrogen) atoms. The van der Waals surface area contributed by atoms with Crippen molar-refractivity contribution in [2.45, 2.75) is 142 Å². The first-order valence-electron chi connectivity index (χ1n) is 14.8. The van der Waals surface area contributed by atoms with Crippen molar-refractivity contribution < 1.29 is 23.4 Å². The summed E-state index contributed by atoms with van der Waals surface area (Å²) < 4.78 is 29.7. The minimum absolute atomic E-state index is 0.0536. The minimum Gasteiger partial charge on any atom is -0.386 e. The summed E-state index contributed by atoms with van der Waals surface area (Å²) in [6, 6.07) is 0. The average Bonchev–Trinajstić information content (AvgIpc) is 3.76. The average molecular weight is 483 g/mol. The third-order valence-corrected chi connectivity index (χ3v) is 7.60. The highest BCUT2D eigenvalue weighted by molar-refractivity contribution is 6.36. The lowest BCUT2D eigenvalue weighted by Crippen LogP contribution is -2.42. The molecule has 6 heteroatoms. The molecule has 0 aromatic carbocycles. The Balaban J connectivity index is 1.63. The molecule has 2 unspecified atom stereocenters. The third kappa shape index (κ3) is 12.7. The third-order valence-electron chi connectivity index (χ3n) is 7.60. The smallest absolute Gasteiger partial charge is 0.386 e. The highest BCUT2D eigenvalue weighted by Gasteiger charge is 2.56. The molecule has 0 bridgehead atoms. The number of unbranched alkanes of at least 4 members (excludes halogenated alkanes) is 14. The topological polar surface area (TPSA) is 52.8 Å². The minimum atomic E-state index is -0.572. The molecule has 2 fully saturated rings. The lowest BCUT2D eigenvalue weighted by atomic mass is 9.79. The van der Waals surface area contributed by atoms with Crippen molar-refractivity contribution >= 4 is 7.32 Å². The van der Waals surface area contributed by atoms with Crippen molar-refractivity contribution in [2.75, 3.05) is 33.0 Å². The van der Waals surface area contributed by atoms with Gasteiger partial charge in [0.2, 0.25) is 0 Å². The fourth-order valence-corrected chi connectivity index (χ4v) is 4.91. The van der Waals surface area contributed by atoms with E-state index < -0.39 is 7.32 Å². The Morgan fingerprint density at radius 2 is 0.971 bits per heavy atom. The van der Waals surface area contributed by atoms with Gasteiger partial charge in [0.05, 0.1) is 25.4 Å². The van der Waals surface area contributed by atoms with Gasteiger partial charge >= 0.3 is 7.32 Å². The Morgan fingerprint density at radius 1 is 0.588 bits per heavy atom. The molecule has 200 valence electrons. The molecular formula is C28H55BO5. The van der Waals surface area contributed by atoms with Crippen LogP contribution in [0.15, 0.2) is 0 Å². The maximum atomic E-state index is 6.24. The first-order valence-corrected chi connectivity index (χ1v) is 14.8. The standard InChI is InChI=1S/C28H55BO5/c1-4-7-9-11-13-15-17-19-21-32-29(33-22-20-18-16-14-12-10-8-5-2)34-25-28(6-3,26-23-30-26)27-24-31-27/h26-27H,4-25H2,1-3H3. The van der Waals surface area contributed by atoms with Crippen LogP contribution in [0.4, 0.5) is 0 Å². The van der Waals surface area contributed by atoms with Gasteiger partial charge in [0.15, 0.2) is 0 Å². The quantitative estimate of drug-likeness (QED) is 0.0726. The predicted octanol–water partition coefficient (Wildman–Crippen LogP) is 7.50. The molecule has 0 aliphatic carbocycles. The first-order chi connectivity index (χ1) is 16.8. The Labute approximate surface area is 211 Å². The van der Waals surface area contributed by atoms with Gasteiger partial charge in [-0.25, -0.2) is 0 Å². The van der Waals surface area contributed by atoms with E-state index in [-0.39, 0.29) is 17.6 Å². The van der Waals surface area contributed by atoms with E-state index in [9.17, 15) is 0 Å². The van der Waals surface area contributed by atoms with E-state index in [1.807, 2.05) is 0 Å². The number of epoxide rings is 2. The van der Waals surface area contributed by atoms with Gasteiger partial charge in [-0.05, 0) is 19.3 Å². The summed E-state index contributed by atoms with van der Waals surface area (Å²) in [6.07, 6.45) is 22.2. The summed E-state index contributed by atoms with van der Waals surface area (Å²) in [4.78, 5) is 0. The zero-order valence-corrected chi connectivity index (χ0v) is 22.8. The lowest BCUT2D eigenvalue weighted by molar-refractivity contribution is 0.0191. The van der Waals surface area contributed by atoms with E-state index in [1.165, 1.54) is 89.9 Å². The second kappa shape index (κ2) is 19.0. The summed E-state index contributed by atoms with van der Waals surface area (Å²) in [7, 11) is -0.572. The molecule has 2 aliphatic rings. The molecule has 2 rings (SSSR count). The lowest BCUT2D eigenvalue weighted by Gasteiger charge is -2.30. The first kappa shape index (κ1) is 30.1. The van der Waals surface area contributed by atoms with Crippen LogP contribution in [0.5, 0.6) is 0 Å². The number of hydrogen-bond acceptors (Lipinski definition) is 5. The Bertz CT molecular complexity index is 436. The van der Waals surface area contributed by atoms with Crippen LogP contribution in [-0.4, -0.2) is 52.6 Å². The zero-order valence-electron chi connectivity index (χ0n) is 22.8. The molecule has 0 amide bonds. The van der Waals surface area contributed by atoms with Crippen molar-refractivity contribution in [2.24, 2.45) is 5.41 Å². The highest BCUT2D eigenvalue weighted by atomic mass is 16.7. The largest absolute Gasteiger partial charge is 0.639 e. The molecular weight excluding hydrogens is 427 g/mol. The van der Waals surface area contributed by atoms with Gasteiger partial charge in [-0.1, -0.05) is 111 Å². The maximum absolute atomic E-state index is 6.24. The monoisotopic (exact) mass is 482 g/mol. The van der Waals surface area contributed by atoms with Gasteiger partial charge in [-0.2, -0.15) is 0 Å². The van der Waals surface area contributed by atoms with E-state index >= 15 is 0 Å². The normalized spacial score (nSPS) is 20.9. The molecule has 0 spiro atoms. The van der Waals surface area contributed by atoms with Gasteiger partial charge in [0, 0.05) is 25.2 Å². The second-order valence-corrected chi connectivity index (χ2v) is 10.5. The number of ether oxygens (including phenoxy) is 2. The second-order valence-electron chi connectivity index (χ2n) is 10.5. The van der Waals surface area contributed by atoms with Crippen molar-refractivity contribution in [1.29, 1.82) is 0 Å². The Hall–Kier alpha value is -0.135. The highest BCUT2D eigenvalue weighted by Crippen LogP contribution is 2.45. The summed E-state index contributed by atoms with van der Waals surface area (Å²) in [5.41, 5.74) is -0.0536. The molecule has 2 heterocycles.